The predicted molar refractivity (Wildman–Crippen MR) is 52.1 cm³/mol. The van der Waals surface area contributed by atoms with Crippen LogP contribution >= 0.6 is 11.8 Å². The van der Waals surface area contributed by atoms with E-state index in [4.69, 9.17) is 0 Å². The van der Waals surface area contributed by atoms with Gasteiger partial charge >= 0.3 is 6.18 Å². The van der Waals surface area contributed by atoms with Crippen LogP contribution in [0.2, 0.25) is 0 Å². The Morgan fingerprint density at radius 3 is 1.86 bits per heavy atom. The highest BCUT2D eigenvalue weighted by molar-refractivity contribution is 8.02. The number of thioether (sulfide) groups is 1. The smallest absolute Gasteiger partial charge is 0.294 e. The molecule has 0 spiro atoms. The van der Waals surface area contributed by atoms with Gasteiger partial charge in [0.05, 0.1) is 4.91 Å². The van der Waals surface area contributed by atoms with E-state index in [2.05, 4.69) is 0 Å². The molecule has 0 saturated carbocycles. The molecule has 0 amide bonds. The first-order chi connectivity index (χ1) is 6.09. The molecule has 0 rings (SSSR count). The Morgan fingerprint density at radius 2 is 1.64 bits per heavy atom. The molecule has 0 aliphatic carbocycles. The molecule has 0 aliphatic heterocycles. The van der Waals surface area contributed by atoms with Gasteiger partial charge in [-0.2, -0.15) is 13.2 Å². The molecule has 0 heterocycles. The summed E-state index contributed by atoms with van der Waals surface area (Å²) in [5.41, 5.74) is -0.772. The van der Waals surface area contributed by atoms with Gasteiger partial charge in [-0.05, 0) is 6.26 Å². The Balaban J connectivity index is 4.89. The SMILES string of the molecule is CS/C(=C\C(=O)C(C)(C)C)C(F)(F)F. The van der Waals surface area contributed by atoms with Gasteiger partial charge in [0.2, 0.25) is 0 Å². The van der Waals surface area contributed by atoms with E-state index >= 15 is 0 Å². The van der Waals surface area contributed by atoms with Crippen molar-refractivity contribution in [2.45, 2.75) is 26.9 Å². The lowest BCUT2D eigenvalue weighted by atomic mass is 9.90. The monoisotopic (exact) mass is 226 g/mol. The van der Waals surface area contributed by atoms with Crippen molar-refractivity contribution >= 4 is 17.5 Å². The molecule has 5 heteroatoms. The third-order valence-electron chi connectivity index (χ3n) is 1.50. The second-order valence-corrected chi connectivity index (χ2v) is 4.67. The van der Waals surface area contributed by atoms with Crippen molar-refractivity contribution < 1.29 is 18.0 Å². The van der Waals surface area contributed by atoms with E-state index in [0.717, 1.165) is 0 Å². The van der Waals surface area contributed by atoms with Crippen LogP contribution in [0.15, 0.2) is 11.0 Å². The first-order valence-electron chi connectivity index (χ1n) is 3.96. The molecule has 0 atom stereocenters. The van der Waals surface area contributed by atoms with Crippen molar-refractivity contribution in [1.29, 1.82) is 0 Å². The molecule has 0 bridgehead atoms. The summed E-state index contributed by atoms with van der Waals surface area (Å²) in [7, 11) is 0. The van der Waals surface area contributed by atoms with E-state index in [-0.39, 0.29) is 0 Å². The maximum atomic E-state index is 12.2. The zero-order chi connectivity index (χ0) is 11.6. The van der Waals surface area contributed by atoms with E-state index in [1.165, 1.54) is 6.26 Å². The minimum Gasteiger partial charge on any atom is -0.294 e. The van der Waals surface area contributed by atoms with E-state index in [9.17, 15) is 18.0 Å². The van der Waals surface area contributed by atoms with E-state index in [1.807, 2.05) is 0 Å². The Morgan fingerprint density at radius 1 is 1.21 bits per heavy atom. The molecule has 0 aliphatic rings. The summed E-state index contributed by atoms with van der Waals surface area (Å²) < 4.78 is 36.7. The quantitative estimate of drug-likeness (QED) is 0.671. The highest BCUT2D eigenvalue weighted by Gasteiger charge is 2.34. The zero-order valence-electron chi connectivity index (χ0n) is 8.53. The summed E-state index contributed by atoms with van der Waals surface area (Å²) in [6, 6.07) is 0. The van der Waals surface area contributed by atoms with Crippen LogP contribution in [0, 0.1) is 5.41 Å². The lowest BCUT2D eigenvalue weighted by Crippen LogP contribution is -2.20. The van der Waals surface area contributed by atoms with Gasteiger partial charge in [0.15, 0.2) is 5.78 Å². The summed E-state index contributed by atoms with van der Waals surface area (Å²) in [5, 5.41) is 0. The third-order valence-corrected chi connectivity index (χ3v) is 2.29. The minimum absolute atomic E-state index is 0.515. The summed E-state index contributed by atoms with van der Waals surface area (Å²) in [5.74, 6) is -0.515. The molecule has 82 valence electrons. The number of ketones is 1. The number of alkyl halides is 3. The standard InChI is InChI=1S/C9H13F3OS/c1-8(2,3)6(13)5-7(14-4)9(10,11)12/h5H,1-4H3/b7-5-. The Labute approximate surface area is 85.8 Å². The first-order valence-corrected chi connectivity index (χ1v) is 5.19. The fourth-order valence-electron chi connectivity index (χ4n) is 0.592. The van der Waals surface area contributed by atoms with Crippen LogP contribution in [-0.4, -0.2) is 18.2 Å². The van der Waals surface area contributed by atoms with E-state index in [0.29, 0.717) is 17.8 Å². The highest BCUT2D eigenvalue weighted by atomic mass is 32.2. The van der Waals surface area contributed by atoms with Crippen LogP contribution in [0.25, 0.3) is 0 Å². The van der Waals surface area contributed by atoms with Gasteiger partial charge < -0.3 is 0 Å². The fraction of sp³-hybridized carbons (Fsp3) is 0.667. The fourth-order valence-corrected chi connectivity index (χ4v) is 1.05. The molecule has 0 radical (unpaired) electrons. The molecule has 0 unspecified atom stereocenters. The van der Waals surface area contributed by atoms with Gasteiger partial charge in [-0.25, -0.2) is 0 Å². The van der Waals surface area contributed by atoms with Crippen molar-refractivity contribution in [3.63, 3.8) is 0 Å². The molecule has 0 N–H and O–H groups in total. The summed E-state index contributed by atoms with van der Waals surface area (Å²) in [6.45, 7) is 4.75. The van der Waals surface area contributed by atoms with Gasteiger partial charge in [0.1, 0.15) is 0 Å². The lowest BCUT2D eigenvalue weighted by Gasteiger charge is -2.15. The number of rotatable bonds is 2. The van der Waals surface area contributed by atoms with Crippen LogP contribution in [0.4, 0.5) is 13.2 Å². The van der Waals surface area contributed by atoms with Crippen molar-refractivity contribution in [3.8, 4) is 0 Å². The molecule has 0 fully saturated rings. The Hall–Kier alpha value is -0.450. The summed E-state index contributed by atoms with van der Waals surface area (Å²) in [6.07, 6.45) is -2.46. The number of carbonyl (C=O) groups excluding carboxylic acids is 1. The summed E-state index contributed by atoms with van der Waals surface area (Å²) in [4.78, 5) is 10.4. The largest absolute Gasteiger partial charge is 0.422 e. The Kier molecular flexibility index (Phi) is 4.24. The highest BCUT2D eigenvalue weighted by Crippen LogP contribution is 2.33. The molecule has 0 aromatic heterocycles. The van der Waals surface area contributed by atoms with E-state index < -0.39 is 22.3 Å². The molecule has 1 nitrogen and oxygen atoms in total. The van der Waals surface area contributed by atoms with Crippen molar-refractivity contribution in [1.82, 2.24) is 0 Å². The molecular weight excluding hydrogens is 213 g/mol. The number of halogens is 3. The third kappa shape index (κ3) is 4.17. The number of hydrogen-bond acceptors (Lipinski definition) is 2. The van der Waals surface area contributed by atoms with Gasteiger partial charge in [-0.15, -0.1) is 11.8 Å². The normalized spacial score (nSPS) is 14.4. The molecule has 0 aromatic rings. The number of carbonyl (C=O) groups is 1. The van der Waals surface area contributed by atoms with Crippen LogP contribution in [0.5, 0.6) is 0 Å². The minimum atomic E-state index is -4.43. The Bertz CT molecular complexity index is 248. The van der Waals surface area contributed by atoms with Crippen LogP contribution in [0.3, 0.4) is 0 Å². The molecular formula is C9H13F3OS. The van der Waals surface area contributed by atoms with E-state index in [1.54, 1.807) is 20.8 Å². The first kappa shape index (κ1) is 13.5. The maximum absolute atomic E-state index is 12.2. The zero-order valence-corrected chi connectivity index (χ0v) is 9.34. The van der Waals surface area contributed by atoms with Gasteiger partial charge in [-0.1, -0.05) is 20.8 Å². The second-order valence-electron chi connectivity index (χ2n) is 3.82. The molecule has 0 aromatic carbocycles. The topological polar surface area (TPSA) is 17.1 Å². The average Bonchev–Trinajstić information content (AvgIpc) is 1.95. The molecule has 14 heavy (non-hydrogen) atoms. The second kappa shape index (κ2) is 4.38. The van der Waals surface area contributed by atoms with Gasteiger partial charge in [0, 0.05) is 11.5 Å². The van der Waals surface area contributed by atoms with Crippen molar-refractivity contribution in [2.24, 2.45) is 5.41 Å². The van der Waals surface area contributed by atoms with Crippen molar-refractivity contribution in [3.05, 3.63) is 11.0 Å². The number of hydrogen-bond donors (Lipinski definition) is 0. The predicted octanol–water partition coefficient (Wildman–Crippen LogP) is 3.41. The van der Waals surface area contributed by atoms with Crippen LogP contribution in [0.1, 0.15) is 20.8 Å². The summed E-state index contributed by atoms with van der Waals surface area (Å²) >= 11 is 0.537. The average molecular weight is 226 g/mol. The number of allylic oxidation sites excluding steroid dienone is 2. The molecule has 0 saturated heterocycles. The van der Waals surface area contributed by atoms with Gasteiger partial charge in [0.25, 0.3) is 0 Å². The van der Waals surface area contributed by atoms with Crippen LogP contribution < -0.4 is 0 Å². The maximum Gasteiger partial charge on any atom is 0.422 e. The van der Waals surface area contributed by atoms with Crippen molar-refractivity contribution in [2.75, 3.05) is 6.26 Å². The van der Waals surface area contributed by atoms with Gasteiger partial charge in [-0.3, -0.25) is 4.79 Å². The van der Waals surface area contributed by atoms with Crippen LogP contribution in [-0.2, 0) is 4.79 Å². The lowest BCUT2D eigenvalue weighted by molar-refractivity contribution is -0.122.